The van der Waals surface area contributed by atoms with E-state index in [1.54, 1.807) is 43.3 Å². The molecular formula is C16H14N2O4. The minimum absolute atomic E-state index is 0.0228. The standard InChI is InChI=1S/C16H14N2O4/c1-11-2-7-14(8-15(11)18(20)21)22-10-16(19)13-5-3-12(9-17)4-6-13/h2-8,16,19H,10H2,1H3. The fourth-order valence-corrected chi connectivity index (χ4v) is 1.93. The van der Waals surface area contributed by atoms with Crippen molar-refractivity contribution < 1.29 is 14.8 Å². The zero-order valence-electron chi connectivity index (χ0n) is 11.9. The zero-order chi connectivity index (χ0) is 16.1. The molecule has 1 unspecified atom stereocenters. The largest absolute Gasteiger partial charge is 0.490 e. The summed E-state index contributed by atoms with van der Waals surface area (Å²) in [5.74, 6) is 0.324. The van der Waals surface area contributed by atoms with Gasteiger partial charge in [-0.1, -0.05) is 12.1 Å². The summed E-state index contributed by atoms with van der Waals surface area (Å²) in [6.45, 7) is 1.61. The van der Waals surface area contributed by atoms with Crippen LogP contribution in [0, 0.1) is 28.4 Å². The number of nitro groups is 1. The van der Waals surface area contributed by atoms with E-state index >= 15 is 0 Å². The molecule has 112 valence electrons. The van der Waals surface area contributed by atoms with E-state index in [-0.39, 0.29) is 12.3 Å². The topological polar surface area (TPSA) is 96.4 Å². The molecule has 2 aromatic carbocycles. The molecule has 0 saturated heterocycles. The van der Waals surface area contributed by atoms with Gasteiger partial charge in [-0.05, 0) is 36.8 Å². The summed E-state index contributed by atoms with van der Waals surface area (Å²) in [4.78, 5) is 10.4. The molecule has 2 rings (SSSR count). The highest BCUT2D eigenvalue weighted by Gasteiger charge is 2.13. The molecule has 0 aliphatic carbocycles. The Morgan fingerprint density at radius 2 is 2.00 bits per heavy atom. The van der Waals surface area contributed by atoms with Crippen molar-refractivity contribution in [2.24, 2.45) is 0 Å². The number of nitrogens with zero attached hydrogens (tertiary/aromatic N) is 2. The quantitative estimate of drug-likeness (QED) is 0.676. The van der Waals surface area contributed by atoms with E-state index in [9.17, 15) is 15.2 Å². The number of aryl methyl sites for hydroxylation is 1. The highest BCUT2D eigenvalue weighted by Crippen LogP contribution is 2.25. The Balaban J connectivity index is 2.04. The maximum atomic E-state index is 10.9. The Kier molecular flexibility index (Phi) is 4.71. The number of rotatable bonds is 5. The first-order valence-electron chi connectivity index (χ1n) is 6.57. The summed E-state index contributed by atoms with van der Waals surface area (Å²) in [7, 11) is 0. The van der Waals surface area contributed by atoms with Crippen molar-refractivity contribution in [1.82, 2.24) is 0 Å². The van der Waals surface area contributed by atoms with Gasteiger partial charge >= 0.3 is 0 Å². The van der Waals surface area contributed by atoms with Crippen LogP contribution in [-0.2, 0) is 0 Å². The van der Waals surface area contributed by atoms with Gasteiger partial charge in [0.25, 0.3) is 5.69 Å². The molecule has 0 bridgehead atoms. The van der Waals surface area contributed by atoms with E-state index in [1.807, 2.05) is 6.07 Å². The predicted octanol–water partition coefficient (Wildman–Crippen LogP) is 2.89. The van der Waals surface area contributed by atoms with Crippen LogP contribution in [0.5, 0.6) is 5.75 Å². The molecule has 0 heterocycles. The number of hydrogen-bond donors (Lipinski definition) is 1. The molecule has 1 N–H and O–H groups in total. The average Bonchev–Trinajstić information content (AvgIpc) is 2.53. The Bertz CT molecular complexity index is 720. The lowest BCUT2D eigenvalue weighted by atomic mass is 10.1. The zero-order valence-corrected chi connectivity index (χ0v) is 11.9. The summed E-state index contributed by atoms with van der Waals surface area (Å²) < 4.78 is 5.41. The van der Waals surface area contributed by atoms with Crippen molar-refractivity contribution >= 4 is 5.69 Å². The minimum Gasteiger partial charge on any atom is -0.490 e. The molecule has 0 saturated carbocycles. The fraction of sp³-hybridized carbons (Fsp3) is 0.188. The second-order valence-electron chi connectivity index (χ2n) is 4.77. The molecule has 0 spiro atoms. The van der Waals surface area contributed by atoms with Crippen LogP contribution in [0.4, 0.5) is 5.69 Å². The first kappa shape index (κ1) is 15.5. The molecule has 0 aromatic heterocycles. The maximum absolute atomic E-state index is 10.9. The highest BCUT2D eigenvalue weighted by atomic mass is 16.6. The van der Waals surface area contributed by atoms with E-state index in [1.165, 1.54) is 6.07 Å². The maximum Gasteiger partial charge on any atom is 0.276 e. The van der Waals surface area contributed by atoms with Crippen LogP contribution in [0.2, 0.25) is 0 Å². The Hall–Kier alpha value is -2.91. The predicted molar refractivity (Wildman–Crippen MR) is 79.4 cm³/mol. The summed E-state index contributed by atoms with van der Waals surface area (Å²) in [5.41, 5.74) is 1.64. The number of nitro benzene ring substituents is 1. The van der Waals surface area contributed by atoms with Gasteiger partial charge in [-0.25, -0.2) is 0 Å². The van der Waals surface area contributed by atoms with Crippen molar-refractivity contribution in [1.29, 1.82) is 5.26 Å². The van der Waals surface area contributed by atoms with Crippen molar-refractivity contribution in [3.8, 4) is 11.8 Å². The molecule has 1 atom stereocenters. The number of aliphatic hydroxyl groups excluding tert-OH is 1. The first-order chi connectivity index (χ1) is 10.5. The fourth-order valence-electron chi connectivity index (χ4n) is 1.93. The van der Waals surface area contributed by atoms with Crippen molar-refractivity contribution in [3.63, 3.8) is 0 Å². The molecule has 6 heteroatoms. The van der Waals surface area contributed by atoms with Gasteiger partial charge in [0.15, 0.2) is 0 Å². The van der Waals surface area contributed by atoms with E-state index in [4.69, 9.17) is 10.00 Å². The van der Waals surface area contributed by atoms with Gasteiger partial charge in [0.1, 0.15) is 18.5 Å². The summed E-state index contributed by atoms with van der Waals surface area (Å²) in [5, 5.41) is 29.6. The SMILES string of the molecule is Cc1ccc(OCC(O)c2ccc(C#N)cc2)cc1[N+](=O)[O-]. The van der Waals surface area contributed by atoms with Crippen molar-refractivity contribution in [2.75, 3.05) is 6.61 Å². The molecule has 22 heavy (non-hydrogen) atoms. The van der Waals surface area contributed by atoms with Crippen LogP contribution < -0.4 is 4.74 Å². The number of ether oxygens (including phenoxy) is 1. The summed E-state index contributed by atoms with van der Waals surface area (Å²) >= 11 is 0. The Morgan fingerprint density at radius 3 is 2.59 bits per heavy atom. The van der Waals surface area contributed by atoms with E-state index in [0.717, 1.165) is 0 Å². The molecule has 0 aliphatic rings. The van der Waals surface area contributed by atoms with Crippen LogP contribution in [0.25, 0.3) is 0 Å². The first-order valence-corrected chi connectivity index (χ1v) is 6.57. The van der Waals surface area contributed by atoms with E-state index < -0.39 is 11.0 Å². The second kappa shape index (κ2) is 6.70. The second-order valence-corrected chi connectivity index (χ2v) is 4.77. The van der Waals surface area contributed by atoms with E-state index in [2.05, 4.69) is 0 Å². The van der Waals surface area contributed by atoms with Crippen LogP contribution >= 0.6 is 0 Å². The molecular weight excluding hydrogens is 284 g/mol. The van der Waals surface area contributed by atoms with Gasteiger partial charge in [-0.3, -0.25) is 10.1 Å². The van der Waals surface area contributed by atoms with Gasteiger partial charge in [0.2, 0.25) is 0 Å². The van der Waals surface area contributed by atoms with Crippen LogP contribution in [0.3, 0.4) is 0 Å². The third-order valence-electron chi connectivity index (χ3n) is 3.21. The normalized spacial score (nSPS) is 11.5. The summed E-state index contributed by atoms with van der Waals surface area (Å²) in [6, 6.07) is 13.0. The Morgan fingerprint density at radius 1 is 1.32 bits per heavy atom. The van der Waals surface area contributed by atoms with Gasteiger partial charge in [-0.2, -0.15) is 5.26 Å². The lowest BCUT2D eigenvalue weighted by Gasteiger charge is -2.13. The van der Waals surface area contributed by atoms with Gasteiger partial charge in [-0.15, -0.1) is 0 Å². The monoisotopic (exact) mass is 298 g/mol. The minimum atomic E-state index is -0.881. The summed E-state index contributed by atoms with van der Waals surface area (Å²) in [6.07, 6.45) is -0.881. The highest BCUT2D eigenvalue weighted by molar-refractivity contribution is 5.45. The molecule has 0 radical (unpaired) electrons. The average molecular weight is 298 g/mol. The molecule has 0 fully saturated rings. The third kappa shape index (κ3) is 3.59. The van der Waals surface area contributed by atoms with E-state index in [0.29, 0.717) is 22.4 Å². The van der Waals surface area contributed by atoms with Crippen LogP contribution in [-0.4, -0.2) is 16.6 Å². The smallest absolute Gasteiger partial charge is 0.276 e. The van der Waals surface area contributed by atoms with Crippen molar-refractivity contribution in [2.45, 2.75) is 13.0 Å². The lowest BCUT2D eigenvalue weighted by molar-refractivity contribution is -0.385. The molecule has 6 nitrogen and oxygen atoms in total. The lowest BCUT2D eigenvalue weighted by Crippen LogP contribution is -2.09. The molecule has 2 aromatic rings. The number of benzene rings is 2. The van der Waals surface area contributed by atoms with Crippen LogP contribution in [0.1, 0.15) is 22.8 Å². The molecule has 0 aliphatic heterocycles. The third-order valence-corrected chi connectivity index (χ3v) is 3.21. The van der Waals surface area contributed by atoms with Gasteiger partial charge in [0.05, 0.1) is 22.6 Å². The number of hydrogen-bond acceptors (Lipinski definition) is 5. The van der Waals surface area contributed by atoms with Crippen LogP contribution in [0.15, 0.2) is 42.5 Å². The number of aliphatic hydroxyl groups is 1. The Labute approximate surface area is 127 Å². The number of nitriles is 1. The van der Waals surface area contributed by atoms with Gasteiger partial charge in [0, 0.05) is 5.56 Å². The van der Waals surface area contributed by atoms with Gasteiger partial charge < -0.3 is 9.84 Å². The van der Waals surface area contributed by atoms with Crippen molar-refractivity contribution in [3.05, 3.63) is 69.3 Å². The molecule has 0 amide bonds.